The first kappa shape index (κ1) is 16.3. The molecule has 134 valence electrons. The molecule has 0 amide bonds. The number of piperidine rings is 1. The summed E-state index contributed by atoms with van der Waals surface area (Å²) in [6.45, 7) is 4.14. The van der Waals surface area contributed by atoms with Gasteiger partial charge in [0.1, 0.15) is 0 Å². The van der Waals surface area contributed by atoms with Crippen molar-refractivity contribution < 1.29 is 4.79 Å². The zero-order valence-corrected chi connectivity index (χ0v) is 16.0. The third-order valence-corrected chi connectivity index (χ3v) is 7.16. The van der Waals surface area contributed by atoms with Crippen LogP contribution in [0.3, 0.4) is 0 Å². The Hall–Kier alpha value is -1.91. The van der Waals surface area contributed by atoms with Gasteiger partial charge in [0.2, 0.25) is 5.91 Å². The zero-order chi connectivity index (χ0) is 17.7. The number of rotatable bonds is 2. The van der Waals surface area contributed by atoms with Crippen molar-refractivity contribution >= 4 is 28.1 Å². The minimum Gasteiger partial charge on any atom is -0.300 e. The molecule has 4 heteroatoms. The van der Waals surface area contributed by atoms with Crippen LogP contribution in [0, 0.1) is 0 Å². The SMILES string of the molecule is CC(=O)n1cc([C@@H]2CCN3CCC[C@H]3C2)c2cc(-c3cccs3)ccc21. The highest BCUT2D eigenvalue weighted by molar-refractivity contribution is 7.13. The van der Waals surface area contributed by atoms with Crippen LogP contribution in [0.4, 0.5) is 0 Å². The molecule has 26 heavy (non-hydrogen) atoms. The Labute approximate surface area is 158 Å². The number of hydrogen-bond donors (Lipinski definition) is 0. The van der Waals surface area contributed by atoms with Gasteiger partial charge in [-0.3, -0.25) is 9.36 Å². The van der Waals surface area contributed by atoms with E-state index in [2.05, 4.69) is 46.8 Å². The van der Waals surface area contributed by atoms with E-state index in [1.54, 1.807) is 18.3 Å². The Kier molecular flexibility index (Phi) is 3.98. The summed E-state index contributed by atoms with van der Waals surface area (Å²) in [5.74, 6) is 0.666. The average Bonchev–Trinajstić information content (AvgIpc) is 3.38. The maximum atomic E-state index is 12.2. The number of fused-ring (bicyclic) bond motifs is 2. The standard InChI is InChI=1S/C22H24N2OS/c1-15(25)24-14-20(16-8-10-23-9-2-4-18(23)12-16)19-13-17(6-7-21(19)24)22-5-3-11-26-22/h3,5-7,11,13-14,16,18H,2,4,8-10,12H2,1H3/t16-,18+/m1/s1. The lowest BCUT2D eigenvalue weighted by Crippen LogP contribution is -2.37. The molecule has 2 aromatic heterocycles. The second-order valence-electron chi connectivity index (χ2n) is 7.74. The predicted octanol–water partition coefficient (Wildman–Crippen LogP) is 5.37. The van der Waals surface area contributed by atoms with Crippen LogP contribution in [-0.2, 0) is 0 Å². The summed E-state index contributed by atoms with van der Waals surface area (Å²) < 4.78 is 1.85. The van der Waals surface area contributed by atoms with Gasteiger partial charge in [0.05, 0.1) is 5.52 Å². The van der Waals surface area contributed by atoms with Gasteiger partial charge >= 0.3 is 0 Å². The maximum absolute atomic E-state index is 12.2. The fraction of sp³-hybridized carbons (Fsp3) is 0.409. The first-order valence-corrected chi connectivity index (χ1v) is 10.5. The van der Waals surface area contributed by atoms with Gasteiger partial charge in [-0.15, -0.1) is 11.3 Å². The van der Waals surface area contributed by atoms with Crippen molar-refractivity contribution in [2.75, 3.05) is 13.1 Å². The summed E-state index contributed by atoms with van der Waals surface area (Å²) in [6, 6.07) is 11.6. The van der Waals surface area contributed by atoms with Crippen LogP contribution in [0.2, 0.25) is 0 Å². The van der Waals surface area contributed by atoms with Gasteiger partial charge in [-0.2, -0.15) is 0 Å². The molecule has 3 nitrogen and oxygen atoms in total. The van der Waals surface area contributed by atoms with E-state index in [0.29, 0.717) is 5.92 Å². The first-order chi connectivity index (χ1) is 12.7. The summed E-state index contributed by atoms with van der Waals surface area (Å²) in [4.78, 5) is 16.2. The van der Waals surface area contributed by atoms with Crippen LogP contribution in [0.1, 0.15) is 48.9 Å². The number of carbonyl (C=O) groups is 1. The van der Waals surface area contributed by atoms with Gasteiger partial charge in [0, 0.05) is 29.4 Å². The van der Waals surface area contributed by atoms with Gasteiger partial charge < -0.3 is 4.90 Å². The Morgan fingerprint density at radius 1 is 1.19 bits per heavy atom. The lowest BCUT2D eigenvalue weighted by Gasteiger charge is -2.34. The molecule has 3 aromatic rings. The largest absolute Gasteiger partial charge is 0.300 e. The summed E-state index contributed by atoms with van der Waals surface area (Å²) in [5, 5.41) is 3.39. The van der Waals surface area contributed by atoms with E-state index < -0.39 is 0 Å². The fourth-order valence-electron chi connectivity index (χ4n) is 4.94. The molecule has 0 saturated carbocycles. The quantitative estimate of drug-likeness (QED) is 0.611. The molecule has 2 fully saturated rings. The normalized spacial score (nSPS) is 23.4. The van der Waals surface area contributed by atoms with Crippen molar-refractivity contribution in [3.05, 3.63) is 47.5 Å². The highest BCUT2D eigenvalue weighted by atomic mass is 32.1. The molecule has 0 unspecified atom stereocenters. The lowest BCUT2D eigenvalue weighted by molar-refractivity contribution is 0.0941. The van der Waals surface area contributed by atoms with Gasteiger partial charge in [-0.25, -0.2) is 0 Å². The highest BCUT2D eigenvalue weighted by Crippen LogP contribution is 2.40. The average molecular weight is 365 g/mol. The van der Waals surface area contributed by atoms with Crippen molar-refractivity contribution in [1.82, 2.24) is 9.47 Å². The topological polar surface area (TPSA) is 25.2 Å². The Balaban J connectivity index is 1.61. The second kappa shape index (κ2) is 6.36. The van der Waals surface area contributed by atoms with Crippen molar-refractivity contribution in [2.45, 2.75) is 44.6 Å². The lowest BCUT2D eigenvalue weighted by atomic mass is 9.85. The minimum absolute atomic E-state index is 0.100. The first-order valence-electron chi connectivity index (χ1n) is 9.64. The van der Waals surface area contributed by atoms with E-state index in [4.69, 9.17) is 0 Å². The van der Waals surface area contributed by atoms with E-state index in [1.165, 1.54) is 60.2 Å². The molecule has 0 aliphatic carbocycles. The summed E-state index contributed by atoms with van der Waals surface area (Å²) in [7, 11) is 0. The molecule has 2 aliphatic rings. The van der Waals surface area contributed by atoms with Crippen LogP contribution < -0.4 is 0 Å². The van der Waals surface area contributed by atoms with Gasteiger partial charge in [-0.05, 0) is 79.4 Å². The van der Waals surface area contributed by atoms with E-state index >= 15 is 0 Å². The van der Waals surface area contributed by atoms with Crippen molar-refractivity contribution in [3.63, 3.8) is 0 Å². The molecular formula is C22H24N2OS. The summed E-state index contributed by atoms with van der Waals surface area (Å²) in [5.41, 5.74) is 3.69. The molecule has 2 aliphatic heterocycles. The molecule has 2 atom stereocenters. The van der Waals surface area contributed by atoms with Crippen LogP contribution in [0.5, 0.6) is 0 Å². The maximum Gasteiger partial charge on any atom is 0.227 e. The Morgan fingerprint density at radius 2 is 2.12 bits per heavy atom. The monoisotopic (exact) mass is 364 g/mol. The molecule has 1 aromatic carbocycles. The predicted molar refractivity (Wildman–Crippen MR) is 108 cm³/mol. The van der Waals surface area contributed by atoms with Crippen molar-refractivity contribution in [3.8, 4) is 10.4 Å². The van der Waals surface area contributed by atoms with Gasteiger partial charge in [0.15, 0.2) is 0 Å². The molecule has 0 radical (unpaired) electrons. The van der Waals surface area contributed by atoms with Crippen LogP contribution in [-0.4, -0.2) is 34.5 Å². The molecule has 0 bridgehead atoms. The van der Waals surface area contributed by atoms with Gasteiger partial charge in [0.25, 0.3) is 0 Å². The Morgan fingerprint density at radius 3 is 2.92 bits per heavy atom. The van der Waals surface area contributed by atoms with Crippen molar-refractivity contribution in [1.29, 1.82) is 0 Å². The number of nitrogens with zero attached hydrogens (tertiary/aromatic N) is 2. The number of aromatic nitrogens is 1. The summed E-state index contributed by atoms with van der Waals surface area (Å²) >= 11 is 1.77. The van der Waals surface area contributed by atoms with Crippen molar-refractivity contribution in [2.24, 2.45) is 0 Å². The third kappa shape index (κ3) is 2.63. The van der Waals surface area contributed by atoms with Crippen LogP contribution in [0.25, 0.3) is 21.3 Å². The second-order valence-corrected chi connectivity index (χ2v) is 8.68. The molecule has 5 rings (SSSR count). The molecule has 4 heterocycles. The molecule has 0 N–H and O–H groups in total. The van der Waals surface area contributed by atoms with Crippen LogP contribution in [0.15, 0.2) is 41.9 Å². The fourth-order valence-corrected chi connectivity index (χ4v) is 5.67. The zero-order valence-electron chi connectivity index (χ0n) is 15.1. The Bertz CT molecular complexity index is 956. The van der Waals surface area contributed by atoms with E-state index in [9.17, 15) is 4.79 Å². The molecule has 2 saturated heterocycles. The van der Waals surface area contributed by atoms with Crippen LogP contribution >= 0.6 is 11.3 Å². The minimum atomic E-state index is 0.100. The smallest absolute Gasteiger partial charge is 0.227 e. The van der Waals surface area contributed by atoms with E-state index in [-0.39, 0.29) is 5.91 Å². The number of thiophene rings is 1. The number of benzene rings is 1. The number of carbonyl (C=O) groups excluding carboxylic acids is 1. The summed E-state index contributed by atoms with van der Waals surface area (Å²) in [6.07, 6.45) is 7.24. The third-order valence-electron chi connectivity index (χ3n) is 6.24. The highest BCUT2D eigenvalue weighted by Gasteiger charge is 2.33. The molecule has 0 spiro atoms. The molecular weight excluding hydrogens is 340 g/mol. The van der Waals surface area contributed by atoms with E-state index in [1.807, 2.05) is 4.57 Å². The van der Waals surface area contributed by atoms with Gasteiger partial charge in [-0.1, -0.05) is 12.1 Å². The number of hydrogen-bond acceptors (Lipinski definition) is 3. The van der Waals surface area contributed by atoms with E-state index in [0.717, 1.165) is 11.6 Å².